The maximum atomic E-state index is 13.9. The minimum absolute atomic E-state index is 0.0130. The molecule has 1 amide bonds. The average molecular weight is 415 g/mol. The van der Waals surface area contributed by atoms with E-state index in [1.54, 1.807) is 0 Å². The standard InChI is InChI=1S/C18H18F5N5O/c1-2-10-5-11(14(20)8-13(10)19)6-12(24)7-16(29)27-3-4-28-15(9-27)25-26-17(28)18(21,22)23/h2,5,8,12H,1,3-4,6-7,9,24H2/t12-/m1/s1. The Kier molecular flexibility index (Phi) is 5.69. The Morgan fingerprint density at radius 1 is 1.24 bits per heavy atom. The molecule has 11 heteroatoms. The number of hydrogen-bond acceptors (Lipinski definition) is 4. The van der Waals surface area contributed by atoms with Crippen molar-refractivity contribution in [3.63, 3.8) is 0 Å². The van der Waals surface area contributed by atoms with Gasteiger partial charge in [-0.25, -0.2) is 8.78 Å². The lowest BCUT2D eigenvalue weighted by Crippen LogP contribution is -2.42. The Morgan fingerprint density at radius 3 is 2.62 bits per heavy atom. The molecular weight excluding hydrogens is 397 g/mol. The first-order valence-corrected chi connectivity index (χ1v) is 8.73. The van der Waals surface area contributed by atoms with Crippen LogP contribution in [0.2, 0.25) is 0 Å². The van der Waals surface area contributed by atoms with Crippen LogP contribution < -0.4 is 5.73 Å². The fourth-order valence-corrected chi connectivity index (χ4v) is 3.21. The minimum atomic E-state index is -4.62. The number of nitrogens with zero attached hydrogens (tertiary/aromatic N) is 4. The van der Waals surface area contributed by atoms with Crippen molar-refractivity contribution in [3.05, 3.63) is 53.1 Å². The Morgan fingerprint density at radius 2 is 1.97 bits per heavy atom. The molecule has 2 aromatic rings. The molecule has 0 radical (unpaired) electrons. The zero-order valence-electron chi connectivity index (χ0n) is 15.2. The summed E-state index contributed by atoms with van der Waals surface area (Å²) in [6, 6.07) is 1.26. The molecule has 0 saturated carbocycles. The van der Waals surface area contributed by atoms with Gasteiger partial charge in [0, 0.05) is 37.2 Å². The van der Waals surface area contributed by atoms with Crippen LogP contribution >= 0.6 is 0 Å². The molecular formula is C18H18F5N5O. The molecule has 1 aromatic carbocycles. The van der Waals surface area contributed by atoms with Gasteiger partial charge in [-0.15, -0.1) is 10.2 Å². The maximum Gasteiger partial charge on any atom is 0.451 e. The molecule has 0 bridgehead atoms. The number of rotatable bonds is 5. The van der Waals surface area contributed by atoms with E-state index in [9.17, 15) is 26.7 Å². The van der Waals surface area contributed by atoms with Crippen molar-refractivity contribution in [2.45, 2.75) is 38.1 Å². The second-order valence-corrected chi connectivity index (χ2v) is 6.74. The zero-order chi connectivity index (χ0) is 21.3. The lowest BCUT2D eigenvalue weighted by atomic mass is 10.0. The third kappa shape index (κ3) is 4.44. The van der Waals surface area contributed by atoms with E-state index in [0.29, 0.717) is 0 Å². The number of alkyl halides is 3. The highest BCUT2D eigenvalue weighted by Crippen LogP contribution is 2.29. The molecule has 1 atom stereocenters. The molecule has 0 spiro atoms. The number of amides is 1. The third-order valence-corrected chi connectivity index (χ3v) is 4.66. The topological polar surface area (TPSA) is 77.0 Å². The van der Waals surface area contributed by atoms with Gasteiger partial charge in [-0.05, 0) is 18.1 Å². The molecule has 0 unspecified atom stereocenters. The molecule has 1 aliphatic rings. The van der Waals surface area contributed by atoms with E-state index in [1.807, 2.05) is 0 Å². The molecule has 1 aliphatic heterocycles. The van der Waals surface area contributed by atoms with Gasteiger partial charge in [0.1, 0.15) is 11.6 Å². The van der Waals surface area contributed by atoms with E-state index in [2.05, 4.69) is 16.8 Å². The number of benzene rings is 1. The summed E-state index contributed by atoms with van der Waals surface area (Å²) in [5.74, 6) is -2.98. The van der Waals surface area contributed by atoms with E-state index in [-0.39, 0.29) is 49.4 Å². The van der Waals surface area contributed by atoms with Gasteiger partial charge in [-0.2, -0.15) is 13.2 Å². The summed E-state index contributed by atoms with van der Waals surface area (Å²) in [5, 5.41) is 6.67. The monoisotopic (exact) mass is 415 g/mol. The number of halogens is 5. The Bertz CT molecular complexity index is 939. The first-order chi connectivity index (χ1) is 13.6. The van der Waals surface area contributed by atoms with Crippen LogP contribution in [-0.2, 0) is 30.5 Å². The highest BCUT2D eigenvalue weighted by Gasteiger charge is 2.39. The van der Waals surface area contributed by atoms with E-state index >= 15 is 0 Å². The fourth-order valence-electron chi connectivity index (χ4n) is 3.21. The largest absolute Gasteiger partial charge is 0.451 e. The van der Waals surface area contributed by atoms with E-state index in [1.165, 1.54) is 17.0 Å². The van der Waals surface area contributed by atoms with Crippen LogP contribution in [0, 0.1) is 11.6 Å². The quantitative estimate of drug-likeness (QED) is 0.762. The highest BCUT2D eigenvalue weighted by molar-refractivity contribution is 5.77. The minimum Gasteiger partial charge on any atom is -0.333 e. The highest BCUT2D eigenvalue weighted by atomic mass is 19.4. The van der Waals surface area contributed by atoms with Crippen LogP contribution in [0.5, 0.6) is 0 Å². The zero-order valence-corrected chi connectivity index (χ0v) is 15.2. The van der Waals surface area contributed by atoms with Gasteiger partial charge >= 0.3 is 6.18 Å². The van der Waals surface area contributed by atoms with Crippen molar-refractivity contribution >= 4 is 12.0 Å². The van der Waals surface area contributed by atoms with Gasteiger partial charge in [-0.3, -0.25) is 4.79 Å². The van der Waals surface area contributed by atoms with Gasteiger partial charge in [0.15, 0.2) is 5.82 Å². The van der Waals surface area contributed by atoms with Crippen molar-refractivity contribution in [2.75, 3.05) is 6.54 Å². The Balaban J connectivity index is 1.64. The molecule has 2 N–H and O–H groups in total. The molecule has 3 rings (SSSR count). The normalized spacial score (nSPS) is 15.2. The summed E-state index contributed by atoms with van der Waals surface area (Å²) in [5.41, 5.74) is 6.22. The van der Waals surface area contributed by atoms with Crippen LogP contribution in [0.1, 0.15) is 29.2 Å². The Hall–Kier alpha value is -2.82. The summed E-state index contributed by atoms with van der Waals surface area (Å²) in [7, 11) is 0. The lowest BCUT2D eigenvalue weighted by molar-refractivity contribution is -0.148. The van der Waals surface area contributed by atoms with Crippen LogP contribution in [0.25, 0.3) is 6.08 Å². The van der Waals surface area contributed by atoms with E-state index in [0.717, 1.165) is 10.6 Å². The molecule has 0 aliphatic carbocycles. The van der Waals surface area contributed by atoms with Crippen molar-refractivity contribution in [1.29, 1.82) is 0 Å². The predicted molar refractivity (Wildman–Crippen MR) is 93.2 cm³/mol. The van der Waals surface area contributed by atoms with Crippen molar-refractivity contribution in [3.8, 4) is 0 Å². The van der Waals surface area contributed by atoms with E-state index in [4.69, 9.17) is 5.73 Å². The van der Waals surface area contributed by atoms with Crippen LogP contribution in [0.15, 0.2) is 18.7 Å². The first kappa shape index (κ1) is 20.9. The molecule has 6 nitrogen and oxygen atoms in total. The number of nitrogens with two attached hydrogens (primary N) is 1. The first-order valence-electron chi connectivity index (χ1n) is 8.73. The predicted octanol–water partition coefficient (Wildman–Crippen LogP) is 2.52. The van der Waals surface area contributed by atoms with Crippen molar-refractivity contribution in [2.24, 2.45) is 5.73 Å². The molecule has 156 valence electrons. The molecule has 1 aromatic heterocycles. The second kappa shape index (κ2) is 7.90. The average Bonchev–Trinajstić information content (AvgIpc) is 3.07. The Labute approximate surface area is 162 Å². The van der Waals surface area contributed by atoms with Gasteiger partial charge in [0.25, 0.3) is 0 Å². The summed E-state index contributed by atoms with van der Waals surface area (Å²) in [6.45, 7) is 3.28. The summed E-state index contributed by atoms with van der Waals surface area (Å²) in [6.07, 6.45) is -3.54. The summed E-state index contributed by atoms with van der Waals surface area (Å²) >= 11 is 0. The van der Waals surface area contributed by atoms with Crippen LogP contribution in [0.4, 0.5) is 22.0 Å². The number of carbonyl (C=O) groups is 1. The molecule has 29 heavy (non-hydrogen) atoms. The van der Waals surface area contributed by atoms with Gasteiger partial charge in [0.05, 0.1) is 6.54 Å². The second-order valence-electron chi connectivity index (χ2n) is 6.74. The van der Waals surface area contributed by atoms with Gasteiger partial charge in [-0.1, -0.05) is 12.7 Å². The third-order valence-electron chi connectivity index (χ3n) is 4.66. The number of carbonyl (C=O) groups excluding carboxylic acids is 1. The molecule has 2 heterocycles. The van der Waals surface area contributed by atoms with Gasteiger partial charge in [0.2, 0.25) is 11.7 Å². The molecule has 0 fully saturated rings. The summed E-state index contributed by atoms with van der Waals surface area (Å²) in [4.78, 5) is 13.8. The SMILES string of the molecule is C=Cc1cc(C[C@@H](N)CC(=O)N2CCn3c(nnc3C(F)(F)F)C2)c(F)cc1F. The van der Waals surface area contributed by atoms with Crippen LogP contribution in [-0.4, -0.2) is 38.2 Å². The smallest absolute Gasteiger partial charge is 0.333 e. The fraction of sp³-hybridized carbons (Fsp3) is 0.389. The number of aromatic nitrogens is 3. The van der Waals surface area contributed by atoms with Gasteiger partial charge < -0.3 is 15.2 Å². The maximum absolute atomic E-state index is 13.9. The molecule has 0 saturated heterocycles. The lowest BCUT2D eigenvalue weighted by Gasteiger charge is -2.29. The van der Waals surface area contributed by atoms with E-state index < -0.39 is 35.6 Å². The number of fused-ring (bicyclic) bond motifs is 1. The number of hydrogen-bond donors (Lipinski definition) is 1. The van der Waals surface area contributed by atoms with Crippen molar-refractivity contribution in [1.82, 2.24) is 19.7 Å². The van der Waals surface area contributed by atoms with Crippen LogP contribution in [0.3, 0.4) is 0 Å². The van der Waals surface area contributed by atoms with Crippen molar-refractivity contribution < 1.29 is 26.7 Å². The summed E-state index contributed by atoms with van der Waals surface area (Å²) < 4.78 is 67.0.